The van der Waals surface area contributed by atoms with Crippen LogP contribution in [0.15, 0.2) is 24.3 Å². The fourth-order valence-corrected chi connectivity index (χ4v) is 2.09. The van der Waals surface area contributed by atoms with Gasteiger partial charge in [-0.25, -0.2) is 0 Å². The molecule has 80 valence electrons. The average molecular weight is 224 g/mol. The van der Waals surface area contributed by atoms with Crippen molar-refractivity contribution in [1.29, 1.82) is 0 Å². The van der Waals surface area contributed by atoms with Gasteiger partial charge in [0.05, 0.1) is 0 Å². The molecule has 1 saturated carbocycles. The summed E-state index contributed by atoms with van der Waals surface area (Å²) >= 11 is 5.92. The summed E-state index contributed by atoms with van der Waals surface area (Å²) in [7, 11) is 0. The van der Waals surface area contributed by atoms with Crippen LogP contribution < -0.4 is 5.32 Å². The number of halogens is 1. The van der Waals surface area contributed by atoms with Gasteiger partial charge in [-0.3, -0.25) is 4.79 Å². The summed E-state index contributed by atoms with van der Waals surface area (Å²) in [5.41, 5.74) is 1.29. The maximum absolute atomic E-state index is 10.7. The van der Waals surface area contributed by atoms with Crippen molar-refractivity contribution in [2.24, 2.45) is 5.92 Å². The Bertz CT molecular complexity index is 378. The SMILES string of the molecule is CC(=O)NC[C@@H]1C[C@H]1c1cccc(Cl)c1. The van der Waals surface area contributed by atoms with Gasteiger partial charge < -0.3 is 5.32 Å². The van der Waals surface area contributed by atoms with Gasteiger partial charge in [-0.15, -0.1) is 0 Å². The molecule has 1 aromatic rings. The lowest BCUT2D eigenvalue weighted by Gasteiger charge is -2.02. The monoisotopic (exact) mass is 223 g/mol. The predicted octanol–water partition coefficient (Wildman–Crippen LogP) is 2.58. The molecule has 0 aliphatic heterocycles. The molecular formula is C12H14ClNO. The fourth-order valence-electron chi connectivity index (χ4n) is 1.89. The number of rotatable bonds is 3. The van der Waals surface area contributed by atoms with Crippen LogP contribution in [0.4, 0.5) is 0 Å². The van der Waals surface area contributed by atoms with Gasteiger partial charge >= 0.3 is 0 Å². The highest BCUT2D eigenvalue weighted by Gasteiger charge is 2.37. The zero-order valence-electron chi connectivity index (χ0n) is 8.66. The standard InChI is InChI=1S/C12H14ClNO/c1-8(15)14-7-10-6-12(10)9-3-2-4-11(13)5-9/h2-5,10,12H,6-7H2,1H3,(H,14,15)/t10-,12-/m0/s1. The molecule has 1 aliphatic carbocycles. The molecule has 0 spiro atoms. The van der Waals surface area contributed by atoms with Gasteiger partial charge in [0.25, 0.3) is 0 Å². The summed E-state index contributed by atoms with van der Waals surface area (Å²) in [6.07, 6.45) is 1.15. The highest BCUT2D eigenvalue weighted by molar-refractivity contribution is 6.30. The molecule has 0 radical (unpaired) electrons. The van der Waals surface area contributed by atoms with E-state index >= 15 is 0 Å². The molecule has 0 heterocycles. The third-order valence-electron chi connectivity index (χ3n) is 2.81. The lowest BCUT2D eigenvalue weighted by Crippen LogP contribution is -2.22. The summed E-state index contributed by atoms with van der Waals surface area (Å²) in [5, 5.41) is 3.64. The molecule has 2 nitrogen and oxygen atoms in total. The molecule has 15 heavy (non-hydrogen) atoms. The first kappa shape index (κ1) is 10.5. The number of amides is 1. The van der Waals surface area contributed by atoms with Gasteiger partial charge in [0.1, 0.15) is 0 Å². The second kappa shape index (κ2) is 4.23. The first-order chi connectivity index (χ1) is 7.16. The Morgan fingerprint density at radius 2 is 2.40 bits per heavy atom. The van der Waals surface area contributed by atoms with Crippen molar-refractivity contribution >= 4 is 17.5 Å². The smallest absolute Gasteiger partial charge is 0.216 e. The zero-order valence-corrected chi connectivity index (χ0v) is 9.42. The fraction of sp³-hybridized carbons (Fsp3) is 0.417. The number of benzene rings is 1. The number of hydrogen-bond acceptors (Lipinski definition) is 1. The lowest BCUT2D eigenvalue weighted by atomic mass is 10.1. The topological polar surface area (TPSA) is 29.1 Å². The lowest BCUT2D eigenvalue weighted by molar-refractivity contribution is -0.119. The summed E-state index contributed by atoms with van der Waals surface area (Å²) < 4.78 is 0. The summed E-state index contributed by atoms with van der Waals surface area (Å²) in [6, 6.07) is 7.98. The van der Waals surface area contributed by atoms with Crippen LogP contribution >= 0.6 is 11.6 Å². The number of carbonyl (C=O) groups is 1. The Kier molecular flexibility index (Phi) is 2.96. The molecule has 0 unspecified atom stereocenters. The Labute approximate surface area is 94.6 Å². The quantitative estimate of drug-likeness (QED) is 0.839. The van der Waals surface area contributed by atoms with Crippen molar-refractivity contribution in [3.63, 3.8) is 0 Å². The highest BCUT2D eigenvalue weighted by Crippen LogP contribution is 2.47. The second-order valence-corrected chi connectivity index (χ2v) is 4.53. The molecule has 0 saturated heterocycles. The summed E-state index contributed by atoms with van der Waals surface area (Å²) in [5.74, 6) is 1.22. The third kappa shape index (κ3) is 2.72. The van der Waals surface area contributed by atoms with E-state index in [0.29, 0.717) is 11.8 Å². The average Bonchev–Trinajstić information content (AvgIpc) is 2.94. The Morgan fingerprint density at radius 1 is 1.60 bits per heavy atom. The molecule has 1 aromatic carbocycles. The van der Waals surface area contributed by atoms with Crippen LogP contribution in [0.1, 0.15) is 24.8 Å². The molecule has 2 atom stereocenters. The van der Waals surface area contributed by atoms with Crippen LogP contribution in [0.2, 0.25) is 5.02 Å². The van der Waals surface area contributed by atoms with Crippen LogP contribution in [-0.2, 0) is 4.79 Å². The van der Waals surface area contributed by atoms with Crippen LogP contribution in [0, 0.1) is 5.92 Å². The van der Waals surface area contributed by atoms with E-state index in [0.717, 1.165) is 18.0 Å². The van der Waals surface area contributed by atoms with Gasteiger partial charge in [-0.05, 0) is 36.0 Å². The van der Waals surface area contributed by atoms with Crippen molar-refractivity contribution in [3.05, 3.63) is 34.9 Å². The van der Waals surface area contributed by atoms with Crippen molar-refractivity contribution < 1.29 is 4.79 Å². The Morgan fingerprint density at radius 3 is 3.07 bits per heavy atom. The van der Waals surface area contributed by atoms with Gasteiger partial charge in [0, 0.05) is 18.5 Å². The van der Waals surface area contributed by atoms with Crippen LogP contribution in [0.5, 0.6) is 0 Å². The molecule has 1 amide bonds. The number of hydrogen-bond donors (Lipinski definition) is 1. The normalized spacial score (nSPS) is 23.6. The zero-order chi connectivity index (χ0) is 10.8. The minimum Gasteiger partial charge on any atom is -0.356 e. The molecule has 0 aromatic heterocycles. The van der Waals surface area contributed by atoms with Crippen LogP contribution in [0.3, 0.4) is 0 Å². The van der Waals surface area contributed by atoms with E-state index in [1.807, 2.05) is 18.2 Å². The van der Waals surface area contributed by atoms with E-state index in [9.17, 15) is 4.79 Å². The molecule has 1 fully saturated rings. The van der Waals surface area contributed by atoms with Crippen molar-refractivity contribution in [2.45, 2.75) is 19.3 Å². The maximum atomic E-state index is 10.7. The van der Waals surface area contributed by atoms with Crippen LogP contribution in [-0.4, -0.2) is 12.5 Å². The molecule has 3 heteroatoms. The van der Waals surface area contributed by atoms with Crippen molar-refractivity contribution in [3.8, 4) is 0 Å². The molecule has 1 aliphatic rings. The molecular weight excluding hydrogens is 210 g/mol. The molecule has 0 bridgehead atoms. The predicted molar refractivity (Wildman–Crippen MR) is 61.0 cm³/mol. The van der Waals surface area contributed by atoms with E-state index in [2.05, 4.69) is 11.4 Å². The first-order valence-corrected chi connectivity index (χ1v) is 5.54. The summed E-state index contributed by atoms with van der Waals surface area (Å²) in [4.78, 5) is 10.7. The minimum absolute atomic E-state index is 0.0479. The van der Waals surface area contributed by atoms with Gasteiger partial charge in [-0.2, -0.15) is 0 Å². The van der Waals surface area contributed by atoms with E-state index in [-0.39, 0.29) is 5.91 Å². The molecule has 2 rings (SSSR count). The van der Waals surface area contributed by atoms with Gasteiger partial charge in [-0.1, -0.05) is 23.7 Å². The largest absolute Gasteiger partial charge is 0.356 e. The third-order valence-corrected chi connectivity index (χ3v) is 3.05. The number of carbonyl (C=O) groups excluding carboxylic acids is 1. The van der Waals surface area contributed by atoms with Gasteiger partial charge in [0.2, 0.25) is 5.91 Å². The Hall–Kier alpha value is -1.02. The van der Waals surface area contributed by atoms with E-state index in [4.69, 9.17) is 11.6 Å². The molecule has 1 N–H and O–H groups in total. The minimum atomic E-state index is 0.0479. The number of nitrogens with one attached hydrogen (secondary N) is 1. The van der Waals surface area contributed by atoms with Crippen molar-refractivity contribution in [1.82, 2.24) is 5.32 Å². The first-order valence-electron chi connectivity index (χ1n) is 5.16. The Balaban J connectivity index is 1.90. The highest BCUT2D eigenvalue weighted by atomic mass is 35.5. The van der Waals surface area contributed by atoms with E-state index in [1.165, 1.54) is 5.56 Å². The van der Waals surface area contributed by atoms with E-state index < -0.39 is 0 Å². The van der Waals surface area contributed by atoms with Gasteiger partial charge in [0.15, 0.2) is 0 Å². The maximum Gasteiger partial charge on any atom is 0.216 e. The van der Waals surface area contributed by atoms with Crippen molar-refractivity contribution in [2.75, 3.05) is 6.54 Å². The van der Waals surface area contributed by atoms with E-state index in [1.54, 1.807) is 6.92 Å². The second-order valence-electron chi connectivity index (χ2n) is 4.09. The van der Waals surface area contributed by atoms with Crippen LogP contribution in [0.25, 0.3) is 0 Å². The summed E-state index contributed by atoms with van der Waals surface area (Å²) in [6.45, 7) is 2.34.